The van der Waals surface area contributed by atoms with Crippen LogP contribution in [0.1, 0.15) is 16.8 Å². The van der Waals surface area contributed by atoms with Crippen LogP contribution in [0.2, 0.25) is 0 Å². The zero-order valence-corrected chi connectivity index (χ0v) is 9.59. The standard InChI is InChI=1S/C11H13N3O4/c15-8-12-6-1-7-13-11(16)9-2-4-10(5-3-9)14(17)18/h2-5,8H,1,6-7H2,(H,12,15)(H,13,16). The van der Waals surface area contributed by atoms with Gasteiger partial charge in [-0.1, -0.05) is 0 Å². The minimum atomic E-state index is -0.521. The molecule has 7 heteroatoms. The first-order valence-corrected chi connectivity index (χ1v) is 5.35. The van der Waals surface area contributed by atoms with Gasteiger partial charge in [0.2, 0.25) is 6.41 Å². The molecular formula is C11H13N3O4. The Morgan fingerprint density at radius 3 is 2.50 bits per heavy atom. The van der Waals surface area contributed by atoms with Gasteiger partial charge in [0.1, 0.15) is 0 Å². The maximum atomic E-state index is 11.6. The van der Waals surface area contributed by atoms with Gasteiger partial charge in [-0.15, -0.1) is 0 Å². The summed E-state index contributed by atoms with van der Waals surface area (Å²) in [7, 11) is 0. The molecule has 2 amide bonds. The number of carbonyl (C=O) groups excluding carboxylic acids is 2. The van der Waals surface area contributed by atoms with Crippen molar-refractivity contribution < 1.29 is 14.5 Å². The fourth-order valence-corrected chi connectivity index (χ4v) is 1.29. The third-order valence-corrected chi connectivity index (χ3v) is 2.21. The smallest absolute Gasteiger partial charge is 0.269 e. The highest BCUT2D eigenvalue weighted by molar-refractivity contribution is 5.94. The predicted molar refractivity (Wildman–Crippen MR) is 64.1 cm³/mol. The first-order valence-electron chi connectivity index (χ1n) is 5.35. The van der Waals surface area contributed by atoms with Crippen molar-refractivity contribution in [3.05, 3.63) is 39.9 Å². The van der Waals surface area contributed by atoms with Crippen LogP contribution in [0.4, 0.5) is 5.69 Å². The Morgan fingerprint density at radius 1 is 1.28 bits per heavy atom. The summed E-state index contributed by atoms with van der Waals surface area (Å²) < 4.78 is 0. The van der Waals surface area contributed by atoms with Gasteiger partial charge in [-0.25, -0.2) is 0 Å². The number of benzene rings is 1. The Labute approximate surface area is 103 Å². The van der Waals surface area contributed by atoms with Crippen molar-refractivity contribution in [2.45, 2.75) is 6.42 Å². The maximum Gasteiger partial charge on any atom is 0.269 e. The molecule has 96 valence electrons. The molecule has 0 unspecified atom stereocenters. The zero-order valence-electron chi connectivity index (χ0n) is 9.59. The monoisotopic (exact) mass is 251 g/mol. The molecule has 0 bridgehead atoms. The summed E-state index contributed by atoms with van der Waals surface area (Å²) in [6.45, 7) is 0.917. The summed E-state index contributed by atoms with van der Waals surface area (Å²) >= 11 is 0. The molecule has 2 N–H and O–H groups in total. The number of nitro groups is 1. The van der Waals surface area contributed by atoms with Gasteiger partial charge in [-0.3, -0.25) is 19.7 Å². The van der Waals surface area contributed by atoms with Crippen LogP contribution < -0.4 is 10.6 Å². The topological polar surface area (TPSA) is 101 Å². The Hall–Kier alpha value is -2.44. The molecule has 0 aliphatic heterocycles. The molecule has 1 aromatic carbocycles. The van der Waals surface area contributed by atoms with Gasteiger partial charge in [0.25, 0.3) is 11.6 Å². The summed E-state index contributed by atoms with van der Waals surface area (Å²) in [5.41, 5.74) is 0.311. The molecule has 0 aromatic heterocycles. The number of amides is 2. The number of nitrogens with zero attached hydrogens (tertiary/aromatic N) is 1. The first-order chi connectivity index (χ1) is 8.65. The molecular weight excluding hydrogens is 238 g/mol. The lowest BCUT2D eigenvalue weighted by molar-refractivity contribution is -0.384. The van der Waals surface area contributed by atoms with E-state index in [1.807, 2.05) is 0 Å². The third kappa shape index (κ3) is 4.20. The van der Waals surface area contributed by atoms with E-state index < -0.39 is 4.92 Å². The van der Waals surface area contributed by atoms with Crippen LogP contribution >= 0.6 is 0 Å². The number of nitro benzene ring substituents is 1. The molecule has 18 heavy (non-hydrogen) atoms. The molecule has 0 fully saturated rings. The molecule has 1 rings (SSSR count). The van der Waals surface area contributed by atoms with Crippen LogP contribution in [-0.4, -0.2) is 30.3 Å². The predicted octanol–water partition coefficient (Wildman–Crippen LogP) is 0.461. The van der Waals surface area contributed by atoms with Gasteiger partial charge in [0.05, 0.1) is 4.92 Å². The highest BCUT2D eigenvalue weighted by Gasteiger charge is 2.08. The summed E-state index contributed by atoms with van der Waals surface area (Å²) in [6, 6.07) is 5.36. The number of hydrogen-bond acceptors (Lipinski definition) is 4. The Kier molecular flexibility index (Phi) is 5.30. The molecule has 1 aromatic rings. The second-order valence-corrected chi connectivity index (χ2v) is 3.49. The van der Waals surface area contributed by atoms with Crippen LogP contribution in [0.5, 0.6) is 0 Å². The molecule has 0 atom stereocenters. The van der Waals surface area contributed by atoms with E-state index in [9.17, 15) is 19.7 Å². The van der Waals surface area contributed by atoms with E-state index in [0.29, 0.717) is 31.5 Å². The molecule has 0 spiro atoms. The molecule has 0 heterocycles. The van der Waals surface area contributed by atoms with Gasteiger partial charge in [0, 0.05) is 30.8 Å². The summed E-state index contributed by atoms with van der Waals surface area (Å²) in [4.78, 5) is 31.4. The van der Waals surface area contributed by atoms with Crippen LogP contribution in [0.25, 0.3) is 0 Å². The average molecular weight is 251 g/mol. The number of carbonyl (C=O) groups is 2. The first kappa shape index (κ1) is 13.6. The van der Waals surface area contributed by atoms with Gasteiger partial charge in [0.15, 0.2) is 0 Å². The maximum absolute atomic E-state index is 11.6. The van der Waals surface area contributed by atoms with Crippen molar-refractivity contribution >= 4 is 18.0 Å². The fraction of sp³-hybridized carbons (Fsp3) is 0.273. The Balaban J connectivity index is 2.41. The van der Waals surface area contributed by atoms with Gasteiger partial charge >= 0.3 is 0 Å². The third-order valence-electron chi connectivity index (χ3n) is 2.21. The number of non-ortho nitro benzene ring substituents is 1. The zero-order chi connectivity index (χ0) is 13.4. The van der Waals surface area contributed by atoms with Crippen LogP contribution in [0, 0.1) is 10.1 Å². The minimum Gasteiger partial charge on any atom is -0.359 e. The van der Waals surface area contributed by atoms with E-state index in [1.165, 1.54) is 24.3 Å². The second kappa shape index (κ2) is 7.00. The highest BCUT2D eigenvalue weighted by atomic mass is 16.6. The van der Waals surface area contributed by atoms with Gasteiger partial charge in [-0.2, -0.15) is 0 Å². The minimum absolute atomic E-state index is 0.0540. The molecule has 7 nitrogen and oxygen atoms in total. The number of nitrogens with one attached hydrogen (secondary N) is 2. The average Bonchev–Trinajstić information content (AvgIpc) is 2.38. The summed E-state index contributed by atoms with van der Waals surface area (Å²) in [6.07, 6.45) is 1.22. The van der Waals surface area contributed by atoms with E-state index in [4.69, 9.17) is 0 Å². The van der Waals surface area contributed by atoms with E-state index in [-0.39, 0.29) is 11.6 Å². The Bertz CT molecular complexity index is 430. The van der Waals surface area contributed by atoms with Crippen molar-refractivity contribution in [3.63, 3.8) is 0 Å². The second-order valence-electron chi connectivity index (χ2n) is 3.49. The lowest BCUT2D eigenvalue weighted by Gasteiger charge is -2.04. The normalized spacial score (nSPS) is 9.56. The van der Waals surface area contributed by atoms with Crippen molar-refractivity contribution in [3.8, 4) is 0 Å². The van der Waals surface area contributed by atoms with Crippen LogP contribution in [0.15, 0.2) is 24.3 Å². The Morgan fingerprint density at radius 2 is 1.94 bits per heavy atom. The quantitative estimate of drug-likeness (QED) is 0.318. The van der Waals surface area contributed by atoms with Gasteiger partial charge < -0.3 is 10.6 Å². The van der Waals surface area contributed by atoms with Crippen LogP contribution in [-0.2, 0) is 4.79 Å². The largest absolute Gasteiger partial charge is 0.359 e. The molecule has 0 radical (unpaired) electrons. The summed E-state index contributed by atoms with van der Waals surface area (Å²) in [5.74, 6) is -0.295. The van der Waals surface area contributed by atoms with Crippen molar-refractivity contribution in [2.75, 3.05) is 13.1 Å². The SMILES string of the molecule is O=CNCCCNC(=O)c1ccc([N+](=O)[O-])cc1. The van der Waals surface area contributed by atoms with Crippen molar-refractivity contribution in [2.24, 2.45) is 0 Å². The van der Waals surface area contributed by atoms with Crippen molar-refractivity contribution in [1.29, 1.82) is 0 Å². The van der Waals surface area contributed by atoms with E-state index >= 15 is 0 Å². The van der Waals surface area contributed by atoms with Crippen molar-refractivity contribution in [1.82, 2.24) is 10.6 Å². The lowest BCUT2D eigenvalue weighted by Crippen LogP contribution is -2.27. The fourth-order valence-electron chi connectivity index (χ4n) is 1.29. The van der Waals surface area contributed by atoms with E-state index in [0.717, 1.165) is 0 Å². The molecule has 0 aliphatic carbocycles. The molecule has 0 aliphatic rings. The van der Waals surface area contributed by atoms with Gasteiger partial charge in [-0.05, 0) is 18.6 Å². The number of rotatable bonds is 7. The molecule has 0 saturated heterocycles. The summed E-state index contributed by atoms with van der Waals surface area (Å²) in [5, 5.41) is 15.5. The van der Waals surface area contributed by atoms with E-state index in [1.54, 1.807) is 0 Å². The molecule has 0 saturated carbocycles. The number of hydrogen-bond donors (Lipinski definition) is 2. The lowest BCUT2D eigenvalue weighted by atomic mass is 10.2. The van der Waals surface area contributed by atoms with Crippen LogP contribution in [0.3, 0.4) is 0 Å². The highest BCUT2D eigenvalue weighted by Crippen LogP contribution is 2.11. The van der Waals surface area contributed by atoms with E-state index in [2.05, 4.69) is 10.6 Å².